The van der Waals surface area contributed by atoms with Gasteiger partial charge in [-0.05, 0) is 23.8 Å². The van der Waals surface area contributed by atoms with Crippen LogP contribution in [0.2, 0.25) is 0 Å². The molecule has 0 atom stereocenters. The van der Waals surface area contributed by atoms with E-state index in [-0.39, 0.29) is 30.2 Å². The summed E-state index contributed by atoms with van der Waals surface area (Å²) in [4.78, 5) is 35.8. The maximum Gasteiger partial charge on any atom is 0.295 e. The molecule has 9 nitrogen and oxygen atoms in total. The number of nitrogens with one attached hydrogen (secondary N) is 2. The number of hydrogen-bond donors (Lipinski definition) is 3. The summed E-state index contributed by atoms with van der Waals surface area (Å²) in [6.45, 7) is 1.70. The number of piperazine rings is 1. The Kier molecular flexibility index (Phi) is 5.39. The van der Waals surface area contributed by atoms with Crippen LogP contribution >= 0.6 is 0 Å². The van der Waals surface area contributed by atoms with E-state index in [1.54, 1.807) is 12.1 Å². The van der Waals surface area contributed by atoms with Crippen molar-refractivity contribution < 1.29 is 18.9 Å². The highest BCUT2D eigenvalue weighted by Gasteiger charge is 2.21. The van der Waals surface area contributed by atoms with Crippen molar-refractivity contribution in [2.75, 3.05) is 30.3 Å². The lowest BCUT2D eigenvalue weighted by atomic mass is 10.1. The van der Waals surface area contributed by atoms with E-state index < -0.39 is 22.3 Å². The monoisotopic (exact) mass is 387 g/mol. The summed E-state index contributed by atoms with van der Waals surface area (Å²) < 4.78 is 13.6. The minimum atomic E-state index is -0.916. The van der Waals surface area contributed by atoms with E-state index in [0.717, 1.165) is 17.3 Å². The number of nitrogens with two attached hydrogens (primary N) is 1. The van der Waals surface area contributed by atoms with Crippen LogP contribution in [-0.4, -0.2) is 36.4 Å². The molecule has 0 spiro atoms. The normalized spacial score (nSPS) is 13.8. The second-order valence-electron chi connectivity index (χ2n) is 6.26. The van der Waals surface area contributed by atoms with Gasteiger partial charge in [0.2, 0.25) is 5.91 Å². The smallest absolute Gasteiger partial charge is 0.295 e. The van der Waals surface area contributed by atoms with Gasteiger partial charge in [0.05, 0.1) is 23.1 Å². The van der Waals surface area contributed by atoms with E-state index in [1.165, 1.54) is 0 Å². The first kappa shape index (κ1) is 19.1. The first-order valence-corrected chi connectivity index (χ1v) is 8.47. The van der Waals surface area contributed by atoms with Crippen LogP contribution in [0.15, 0.2) is 36.4 Å². The van der Waals surface area contributed by atoms with E-state index >= 15 is 0 Å². The van der Waals surface area contributed by atoms with Crippen molar-refractivity contribution in [2.45, 2.75) is 6.54 Å². The maximum atomic E-state index is 13.6. The van der Waals surface area contributed by atoms with Crippen molar-refractivity contribution in [3.05, 3.63) is 63.5 Å². The molecule has 28 heavy (non-hydrogen) atoms. The fourth-order valence-electron chi connectivity index (χ4n) is 2.90. The van der Waals surface area contributed by atoms with E-state index in [9.17, 15) is 24.1 Å². The van der Waals surface area contributed by atoms with Gasteiger partial charge in [0.25, 0.3) is 11.6 Å². The Balaban J connectivity index is 1.67. The van der Waals surface area contributed by atoms with E-state index in [2.05, 4.69) is 10.6 Å². The molecule has 2 amide bonds. The van der Waals surface area contributed by atoms with Crippen LogP contribution in [0.4, 0.5) is 21.5 Å². The summed E-state index contributed by atoms with van der Waals surface area (Å²) in [7, 11) is 0. The molecular weight excluding hydrogens is 369 g/mol. The van der Waals surface area contributed by atoms with Crippen LogP contribution in [0.25, 0.3) is 0 Å². The zero-order chi connectivity index (χ0) is 20.3. The minimum absolute atomic E-state index is 0.0376. The number of nitrogen functional groups attached to an aromatic ring is 1. The number of nitro benzene ring substituents is 1. The van der Waals surface area contributed by atoms with Gasteiger partial charge in [0.1, 0.15) is 11.5 Å². The van der Waals surface area contributed by atoms with Gasteiger partial charge in [-0.15, -0.1) is 0 Å². The molecule has 146 valence electrons. The minimum Gasteiger partial charge on any atom is -0.393 e. The lowest BCUT2D eigenvalue weighted by Gasteiger charge is -2.28. The fraction of sp³-hybridized carbons (Fsp3) is 0.222. The molecule has 1 fully saturated rings. The molecule has 3 rings (SSSR count). The summed E-state index contributed by atoms with van der Waals surface area (Å²) in [5.74, 6) is -1.66. The Labute approximate surface area is 159 Å². The zero-order valence-corrected chi connectivity index (χ0v) is 14.8. The van der Waals surface area contributed by atoms with Crippen LogP contribution in [0.3, 0.4) is 0 Å². The van der Waals surface area contributed by atoms with Crippen LogP contribution in [-0.2, 0) is 11.3 Å². The van der Waals surface area contributed by atoms with Gasteiger partial charge < -0.3 is 21.3 Å². The molecule has 4 N–H and O–H groups in total. The first-order valence-electron chi connectivity index (χ1n) is 8.47. The summed E-state index contributed by atoms with van der Waals surface area (Å²) in [5, 5.41) is 16.2. The average molecular weight is 387 g/mol. The molecule has 2 aromatic rings. The second-order valence-corrected chi connectivity index (χ2v) is 6.26. The average Bonchev–Trinajstić information content (AvgIpc) is 2.68. The lowest BCUT2D eigenvalue weighted by Crippen LogP contribution is -2.47. The molecular formula is C18H18FN5O4. The highest BCUT2D eigenvalue weighted by molar-refractivity contribution is 6.01. The van der Waals surface area contributed by atoms with Gasteiger partial charge in [0.15, 0.2) is 0 Å². The Morgan fingerprint density at radius 1 is 1.32 bits per heavy atom. The highest BCUT2D eigenvalue weighted by Crippen LogP contribution is 2.26. The summed E-state index contributed by atoms with van der Waals surface area (Å²) in [6.07, 6.45) is 0. The number of hydrogen-bond acceptors (Lipinski definition) is 6. The molecule has 0 bridgehead atoms. The highest BCUT2D eigenvalue weighted by atomic mass is 19.1. The molecule has 0 aliphatic carbocycles. The number of amides is 2. The third kappa shape index (κ3) is 4.17. The van der Waals surface area contributed by atoms with Crippen molar-refractivity contribution in [2.24, 2.45) is 0 Å². The first-order chi connectivity index (χ1) is 13.3. The van der Waals surface area contributed by atoms with Gasteiger partial charge in [-0.2, -0.15) is 0 Å². The molecule has 0 radical (unpaired) electrons. The second kappa shape index (κ2) is 7.91. The van der Waals surface area contributed by atoms with Crippen molar-refractivity contribution >= 4 is 28.9 Å². The molecule has 1 aliphatic heterocycles. The predicted molar refractivity (Wildman–Crippen MR) is 100 cm³/mol. The van der Waals surface area contributed by atoms with Gasteiger partial charge in [-0.1, -0.05) is 12.1 Å². The van der Waals surface area contributed by atoms with Crippen molar-refractivity contribution in [1.82, 2.24) is 10.6 Å². The number of anilines is 2. The number of carbonyl (C=O) groups is 2. The molecule has 0 aromatic heterocycles. The number of nitro groups is 1. The Bertz CT molecular complexity index is 932. The van der Waals surface area contributed by atoms with Gasteiger partial charge in [-0.25, -0.2) is 4.39 Å². The Morgan fingerprint density at radius 2 is 2.04 bits per heavy atom. The number of nitrogens with zero attached hydrogens (tertiary/aromatic N) is 2. The molecule has 1 saturated heterocycles. The molecule has 1 heterocycles. The molecule has 10 heteroatoms. The molecule has 0 unspecified atom stereocenters. The number of rotatable bonds is 5. The zero-order valence-electron chi connectivity index (χ0n) is 14.8. The van der Waals surface area contributed by atoms with Crippen LogP contribution in [0.1, 0.15) is 15.9 Å². The molecule has 2 aromatic carbocycles. The lowest BCUT2D eigenvalue weighted by molar-refractivity contribution is -0.384. The predicted octanol–water partition coefficient (Wildman–Crippen LogP) is 1.18. The quantitative estimate of drug-likeness (QED) is 0.401. The van der Waals surface area contributed by atoms with Crippen molar-refractivity contribution in [3.63, 3.8) is 0 Å². The van der Waals surface area contributed by atoms with Crippen LogP contribution in [0.5, 0.6) is 0 Å². The van der Waals surface area contributed by atoms with Gasteiger partial charge >= 0.3 is 0 Å². The van der Waals surface area contributed by atoms with Crippen molar-refractivity contribution in [3.8, 4) is 0 Å². The van der Waals surface area contributed by atoms with Crippen molar-refractivity contribution in [1.29, 1.82) is 0 Å². The van der Waals surface area contributed by atoms with Crippen LogP contribution in [0, 0.1) is 15.9 Å². The largest absolute Gasteiger partial charge is 0.393 e. The fourth-order valence-corrected chi connectivity index (χ4v) is 2.90. The topological polar surface area (TPSA) is 131 Å². The van der Waals surface area contributed by atoms with Crippen LogP contribution < -0.4 is 21.3 Å². The van der Waals surface area contributed by atoms with Gasteiger partial charge in [0, 0.05) is 25.3 Å². The van der Waals surface area contributed by atoms with Gasteiger partial charge in [-0.3, -0.25) is 19.7 Å². The maximum absolute atomic E-state index is 13.6. The third-order valence-electron chi connectivity index (χ3n) is 4.36. The summed E-state index contributed by atoms with van der Waals surface area (Å²) in [6, 6.07) is 8.79. The Hall–Kier alpha value is -3.69. The standard InChI is InChI=1S/C18H18FN5O4/c19-12-7-14(17(20)15(8-12)24(27)28)18(26)22-9-11-1-3-13(4-2-11)23-6-5-21-16(25)10-23/h1-4,7-8H,5-6,9-10,20H2,(H,21,25)(H,22,26). The third-order valence-corrected chi connectivity index (χ3v) is 4.36. The summed E-state index contributed by atoms with van der Waals surface area (Å²) >= 11 is 0. The summed E-state index contributed by atoms with van der Waals surface area (Å²) in [5.41, 5.74) is 5.95. The molecule has 0 saturated carbocycles. The molecule has 1 aliphatic rings. The number of halogens is 1. The van der Waals surface area contributed by atoms with E-state index in [0.29, 0.717) is 19.2 Å². The van der Waals surface area contributed by atoms with E-state index in [1.807, 2.05) is 17.0 Å². The number of carbonyl (C=O) groups excluding carboxylic acids is 2. The SMILES string of the molecule is Nc1c(C(=O)NCc2ccc(N3CCNC(=O)C3)cc2)cc(F)cc1[N+](=O)[O-]. The number of benzene rings is 2. The Morgan fingerprint density at radius 3 is 2.68 bits per heavy atom. The van der Waals surface area contributed by atoms with E-state index in [4.69, 9.17) is 5.73 Å².